The van der Waals surface area contributed by atoms with Crippen molar-refractivity contribution in [2.45, 2.75) is 24.9 Å². The first kappa shape index (κ1) is 16.7. The smallest absolute Gasteiger partial charge is 0.247 e. The van der Waals surface area contributed by atoms with Crippen LogP contribution >= 0.6 is 12.4 Å². The van der Waals surface area contributed by atoms with Crippen molar-refractivity contribution in [3.05, 3.63) is 52.4 Å². The number of nitrogens with one attached hydrogen (secondary N) is 2. The third kappa shape index (κ3) is 2.97. The van der Waals surface area contributed by atoms with Crippen molar-refractivity contribution >= 4 is 18.2 Å². The molecule has 0 saturated carbocycles. The van der Waals surface area contributed by atoms with Crippen molar-refractivity contribution in [2.75, 3.05) is 13.1 Å². The minimum Gasteiger partial charge on any atom is -0.486 e. The molecule has 0 atom stereocenters. The molecule has 126 valence electrons. The molecule has 2 N–H and O–H groups in total. The number of piperidine rings is 1. The van der Waals surface area contributed by atoms with E-state index in [-0.39, 0.29) is 29.4 Å². The molecule has 24 heavy (non-hydrogen) atoms. The molecule has 0 radical (unpaired) electrons. The summed E-state index contributed by atoms with van der Waals surface area (Å²) < 4.78 is 6.22. The van der Waals surface area contributed by atoms with Gasteiger partial charge in [-0.15, -0.1) is 12.4 Å². The van der Waals surface area contributed by atoms with E-state index in [0.717, 1.165) is 37.1 Å². The van der Waals surface area contributed by atoms with Crippen LogP contribution in [0.2, 0.25) is 0 Å². The SMILES string of the molecule is Cl.O=C1CC2(CCNCC2)Oc2ccc(-c3ccc(=O)[nH]c3)cc21. The van der Waals surface area contributed by atoms with Crippen LogP contribution in [0.5, 0.6) is 5.75 Å². The van der Waals surface area contributed by atoms with E-state index in [4.69, 9.17) is 4.74 Å². The Morgan fingerprint density at radius 3 is 2.46 bits per heavy atom. The van der Waals surface area contributed by atoms with Gasteiger partial charge in [-0.2, -0.15) is 0 Å². The second-order valence-corrected chi connectivity index (χ2v) is 6.29. The maximum atomic E-state index is 12.6. The zero-order chi connectivity index (χ0) is 15.9. The summed E-state index contributed by atoms with van der Waals surface area (Å²) in [4.78, 5) is 26.5. The van der Waals surface area contributed by atoms with Crippen LogP contribution in [0, 0.1) is 0 Å². The molecule has 2 aromatic rings. The largest absolute Gasteiger partial charge is 0.486 e. The van der Waals surface area contributed by atoms with Gasteiger partial charge in [0, 0.05) is 25.1 Å². The van der Waals surface area contributed by atoms with Crippen molar-refractivity contribution < 1.29 is 9.53 Å². The standard InChI is InChI=1S/C18H18N2O3.ClH/c21-15-10-18(5-7-19-8-6-18)23-16-3-1-12(9-14(15)16)13-2-4-17(22)20-11-13;/h1-4,9,11,19H,5-8,10H2,(H,20,22);1H. The number of Topliss-reactive ketones (excluding diaryl/α,β-unsaturated/α-hetero) is 1. The van der Waals surface area contributed by atoms with Crippen molar-refractivity contribution in [1.82, 2.24) is 10.3 Å². The fourth-order valence-corrected chi connectivity index (χ4v) is 3.42. The molecule has 1 fully saturated rings. The summed E-state index contributed by atoms with van der Waals surface area (Å²) in [6, 6.07) is 8.90. The number of aromatic amines is 1. The predicted octanol–water partition coefficient (Wildman–Crippen LogP) is 2.55. The average Bonchev–Trinajstić information content (AvgIpc) is 2.56. The first-order valence-electron chi connectivity index (χ1n) is 7.91. The number of rotatable bonds is 1. The number of fused-ring (bicyclic) bond motifs is 1. The normalized spacial score (nSPS) is 18.4. The van der Waals surface area contributed by atoms with E-state index >= 15 is 0 Å². The van der Waals surface area contributed by atoms with Gasteiger partial charge in [-0.1, -0.05) is 6.07 Å². The highest BCUT2D eigenvalue weighted by atomic mass is 35.5. The maximum Gasteiger partial charge on any atom is 0.247 e. The van der Waals surface area contributed by atoms with Gasteiger partial charge >= 0.3 is 0 Å². The number of H-pyrrole nitrogens is 1. The van der Waals surface area contributed by atoms with Gasteiger partial charge in [-0.3, -0.25) is 9.59 Å². The minimum absolute atomic E-state index is 0. The van der Waals surface area contributed by atoms with Crippen LogP contribution < -0.4 is 15.6 Å². The number of aromatic nitrogens is 1. The Balaban J connectivity index is 0.00000169. The van der Waals surface area contributed by atoms with Gasteiger partial charge in [0.05, 0.1) is 12.0 Å². The molecule has 0 amide bonds. The average molecular weight is 347 g/mol. The summed E-state index contributed by atoms with van der Waals surface area (Å²) in [6.45, 7) is 1.77. The van der Waals surface area contributed by atoms with E-state index in [9.17, 15) is 9.59 Å². The van der Waals surface area contributed by atoms with E-state index in [1.165, 1.54) is 6.07 Å². The molecular weight excluding hydrogens is 328 g/mol. The lowest BCUT2D eigenvalue weighted by atomic mass is 9.82. The molecule has 4 rings (SSSR count). The maximum absolute atomic E-state index is 12.6. The molecule has 1 aromatic heterocycles. The summed E-state index contributed by atoms with van der Waals surface area (Å²) >= 11 is 0. The van der Waals surface area contributed by atoms with Gasteiger partial charge in [0.1, 0.15) is 11.4 Å². The minimum atomic E-state index is -0.338. The molecule has 5 nitrogen and oxygen atoms in total. The van der Waals surface area contributed by atoms with Gasteiger partial charge in [-0.05, 0) is 42.4 Å². The van der Waals surface area contributed by atoms with Crippen molar-refractivity contribution in [1.29, 1.82) is 0 Å². The molecule has 1 aromatic carbocycles. The molecule has 6 heteroatoms. The van der Waals surface area contributed by atoms with E-state index < -0.39 is 0 Å². The summed E-state index contributed by atoms with van der Waals surface area (Å²) in [5.74, 6) is 0.816. The molecule has 1 saturated heterocycles. The lowest BCUT2D eigenvalue weighted by Gasteiger charge is -2.41. The molecule has 2 aliphatic rings. The second kappa shape index (κ2) is 6.42. The van der Waals surface area contributed by atoms with Crippen LogP contribution in [-0.4, -0.2) is 29.5 Å². The Bertz CT molecular complexity index is 805. The molecule has 0 bridgehead atoms. The van der Waals surface area contributed by atoms with Gasteiger partial charge in [0.25, 0.3) is 0 Å². The summed E-state index contributed by atoms with van der Waals surface area (Å²) in [5, 5.41) is 3.31. The number of carbonyl (C=O) groups excluding carboxylic acids is 1. The second-order valence-electron chi connectivity index (χ2n) is 6.29. The van der Waals surface area contributed by atoms with Crippen molar-refractivity contribution in [3.63, 3.8) is 0 Å². The van der Waals surface area contributed by atoms with E-state index in [0.29, 0.717) is 17.7 Å². The first-order valence-corrected chi connectivity index (χ1v) is 7.91. The number of benzene rings is 1. The van der Waals surface area contributed by atoms with Gasteiger partial charge in [0.15, 0.2) is 5.78 Å². The molecule has 0 aliphatic carbocycles. The molecule has 1 spiro atoms. The highest BCUT2D eigenvalue weighted by Crippen LogP contribution is 2.39. The van der Waals surface area contributed by atoms with Crippen LogP contribution in [0.25, 0.3) is 11.1 Å². The summed E-state index contributed by atoms with van der Waals surface area (Å²) in [7, 11) is 0. The number of halogens is 1. The third-order valence-corrected chi connectivity index (χ3v) is 4.72. The van der Waals surface area contributed by atoms with Crippen LogP contribution in [0.4, 0.5) is 0 Å². The Labute approximate surface area is 145 Å². The number of carbonyl (C=O) groups is 1. The van der Waals surface area contributed by atoms with Gasteiger partial charge < -0.3 is 15.0 Å². The van der Waals surface area contributed by atoms with Crippen molar-refractivity contribution in [3.8, 4) is 16.9 Å². The van der Waals surface area contributed by atoms with Crippen LogP contribution in [-0.2, 0) is 0 Å². The lowest BCUT2D eigenvalue weighted by molar-refractivity contribution is 0.0188. The van der Waals surface area contributed by atoms with Crippen LogP contribution in [0.3, 0.4) is 0 Å². The summed E-state index contributed by atoms with van der Waals surface area (Å²) in [5.41, 5.74) is 1.94. The third-order valence-electron chi connectivity index (χ3n) is 4.72. The first-order chi connectivity index (χ1) is 11.2. The number of hydrogen-bond donors (Lipinski definition) is 2. The zero-order valence-electron chi connectivity index (χ0n) is 13.1. The van der Waals surface area contributed by atoms with Gasteiger partial charge in [-0.25, -0.2) is 0 Å². The molecular formula is C18H19ClN2O3. The molecule has 3 heterocycles. The Morgan fingerprint density at radius 1 is 1.00 bits per heavy atom. The van der Waals surface area contributed by atoms with Crippen LogP contribution in [0.15, 0.2) is 41.3 Å². The predicted molar refractivity (Wildman–Crippen MR) is 94.2 cm³/mol. The summed E-state index contributed by atoms with van der Waals surface area (Å²) in [6.07, 6.45) is 3.82. The van der Waals surface area contributed by atoms with E-state index in [1.54, 1.807) is 12.3 Å². The quantitative estimate of drug-likeness (QED) is 0.832. The van der Waals surface area contributed by atoms with Crippen LogP contribution in [0.1, 0.15) is 29.6 Å². The zero-order valence-corrected chi connectivity index (χ0v) is 13.9. The molecule has 0 unspecified atom stereocenters. The monoisotopic (exact) mass is 346 g/mol. The van der Waals surface area contributed by atoms with Crippen molar-refractivity contribution in [2.24, 2.45) is 0 Å². The number of ketones is 1. The topological polar surface area (TPSA) is 71.2 Å². The fourth-order valence-electron chi connectivity index (χ4n) is 3.42. The lowest BCUT2D eigenvalue weighted by Crippen LogP contribution is -2.49. The number of pyridine rings is 1. The van der Waals surface area contributed by atoms with E-state index in [2.05, 4.69) is 10.3 Å². The Hall–Kier alpha value is -2.11. The van der Waals surface area contributed by atoms with Gasteiger partial charge in [0.2, 0.25) is 5.56 Å². The number of ether oxygens (including phenoxy) is 1. The fraction of sp³-hybridized carbons (Fsp3) is 0.333. The molecule has 2 aliphatic heterocycles. The Morgan fingerprint density at radius 2 is 1.75 bits per heavy atom. The van der Waals surface area contributed by atoms with E-state index in [1.807, 2.05) is 18.2 Å². The number of hydrogen-bond acceptors (Lipinski definition) is 4. The Kier molecular flexibility index (Phi) is 4.47. The highest BCUT2D eigenvalue weighted by molar-refractivity contribution is 6.01. The highest BCUT2D eigenvalue weighted by Gasteiger charge is 2.41.